The largest absolute Gasteiger partial charge is 0.465 e. The minimum atomic E-state index is -3.71. The number of hydrogen-bond donors (Lipinski definition) is 2. The van der Waals surface area contributed by atoms with Crippen molar-refractivity contribution < 1.29 is 18.3 Å². The third-order valence-electron chi connectivity index (χ3n) is 2.77. The first-order valence-electron chi connectivity index (χ1n) is 4.97. The Balaban J connectivity index is 2.56. The van der Waals surface area contributed by atoms with Gasteiger partial charge in [0.25, 0.3) is 0 Å². The molecule has 0 saturated carbocycles. The van der Waals surface area contributed by atoms with Crippen LogP contribution in [0.2, 0.25) is 0 Å². The fraction of sp³-hybridized carbons (Fsp3) is 0.300. The molecule has 0 fully saturated rings. The monoisotopic (exact) mass is 256 g/mol. The van der Waals surface area contributed by atoms with Crippen LogP contribution in [0.25, 0.3) is 0 Å². The van der Waals surface area contributed by atoms with Crippen LogP contribution in [0.15, 0.2) is 24.3 Å². The molecule has 1 atom stereocenters. The zero-order valence-corrected chi connectivity index (χ0v) is 9.94. The maximum atomic E-state index is 11.9. The van der Waals surface area contributed by atoms with Gasteiger partial charge < -0.3 is 5.11 Å². The van der Waals surface area contributed by atoms with E-state index < -0.39 is 21.5 Å². The molecule has 92 valence electrons. The molecular weight excluding hydrogens is 244 g/mol. The standard InChI is InChI=1S/C10H12N2O4S/c1-11-17(15,16)9-8-5-3-2-4-7(8)6-12(9)10(13)14/h2-5,9,11H,6H2,1H3,(H,13,14). The van der Waals surface area contributed by atoms with Gasteiger partial charge in [-0.3, -0.25) is 4.90 Å². The highest BCUT2D eigenvalue weighted by Gasteiger charge is 2.41. The first-order valence-corrected chi connectivity index (χ1v) is 6.51. The molecule has 1 unspecified atom stereocenters. The van der Waals surface area contributed by atoms with E-state index in [0.29, 0.717) is 5.56 Å². The van der Waals surface area contributed by atoms with Crippen LogP contribution in [-0.4, -0.2) is 31.6 Å². The number of rotatable bonds is 2. The van der Waals surface area contributed by atoms with Crippen molar-refractivity contribution in [3.8, 4) is 0 Å². The van der Waals surface area contributed by atoms with Crippen LogP contribution in [0.3, 0.4) is 0 Å². The number of sulfonamides is 1. The molecule has 17 heavy (non-hydrogen) atoms. The van der Waals surface area contributed by atoms with Crippen molar-refractivity contribution >= 4 is 16.1 Å². The zero-order chi connectivity index (χ0) is 12.6. The number of carbonyl (C=O) groups is 1. The topological polar surface area (TPSA) is 86.7 Å². The summed E-state index contributed by atoms with van der Waals surface area (Å²) in [5.41, 5.74) is 1.24. The maximum Gasteiger partial charge on any atom is 0.409 e. The number of carboxylic acid groups (broad SMARTS) is 1. The number of nitrogens with zero attached hydrogens (tertiary/aromatic N) is 1. The van der Waals surface area contributed by atoms with E-state index in [1.165, 1.54) is 7.05 Å². The number of hydrogen-bond acceptors (Lipinski definition) is 3. The van der Waals surface area contributed by atoms with Gasteiger partial charge in [0.2, 0.25) is 10.0 Å². The third-order valence-corrected chi connectivity index (χ3v) is 4.43. The van der Waals surface area contributed by atoms with Crippen molar-refractivity contribution in [2.75, 3.05) is 7.05 Å². The van der Waals surface area contributed by atoms with Gasteiger partial charge in [0, 0.05) is 0 Å². The van der Waals surface area contributed by atoms with E-state index in [-0.39, 0.29) is 6.54 Å². The summed E-state index contributed by atoms with van der Waals surface area (Å²) >= 11 is 0. The van der Waals surface area contributed by atoms with Crippen molar-refractivity contribution in [2.24, 2.45) is 0 Å². The molecule has 0 radical (unpaired) electrons. The second kappa shape index (κ2) is 4.01. The highest BCUT2D eigenvalue weighted by atomic mass is 32.2. The van der Waals surface area contributed by atoms with Gasteiger partial charge in [-0.1, -0.05) is 24.3 Å². The van der Waals surface area contributed by atoms with E-state index in [9.17, 15) is 13.2 Å². The quantitative estimate of drug-likeness (QED) is 0.816. The van der Waals surface area contributed by atoms with Gasteiger partial charge in [-0.2, -0.15) is 0 Å². The minimum Gasteiger partial charge on any atom is -0.465 e. The van der Waals surface area contributed by atoms with E-state index >= 15 is 0 Å². The molecule has 1 aromatic rings. The van der Waals surface area contributed by atoms with Crippen LogP contribution in [0, 0.1) is 0 Å². The lowest BCUT2D eigenvalue weighted by atomic mass is 10.1. The lowest BCUT2D eigenvalue weighted by Crippen LogP contribution is -2.37. The molecule has 6 nitrogen and oxygen atoms in total. The van der Waals surface area contributed by atoms with Crippen molar-refractivity contribution in [3.05, 3.63) is 35.4 Å². The Kier molecular flexibility index (Phi) is 2.80. The molecule has 1 aromatic carbocycles. The predicted molar refractivity (Wildman–Crippen MR) is 60.7 cm³/mol. The summed E-state index contributed by atoms with van der Waals surface area (Å²) in [6, 6.07) is 6.82. The first kappa shape index (κ1) is 11.9. The number of benzene rings is 1. The zero-order valence-electron chi connectivity index (χ0n) is 9.12. The lowest BCUT2D eigenvalue weighted by Gasteiger charge is -2.21. The van der Waals surface area contributed by atoms with E-state index in [0.717, 1.165) is 10.5 Å². The second-order valence-electron chi connectivity index (χ2n) is 3.71. The van der Waals surface area contributed by atoms with E-state index in [2.05, 4.69) is 4.72 Å². The van der Waals surface area contributed by atoms with Crippen molar-refractivity contribution in [2.45, 2.75) is 11.9 Å². The molecule has 0 aromatic heterocycles. The van der Waals surface area contributed by atoms with Gasteiger partial charge in [0.05, 0.1) is 6.54 Å². The fourth-order valence-corrected chi connectivity index (χ4v) is 3.25. The summed E-state index contributed by atoms with van der Waals surface area (Å²) in [7, 11) is -2.44. The average Bonchev–Trinajstić information content (AvgIpc) is 2.69. The van der Waals surface area contributed by atoms with Crippen LogP contribution in [0.5, 0.6) is 0 Å². The molecule has 1 aliphatic rings. The molecule has 0 aliphatic carbocycles. The maximum absolute atomic E-state index is 11.9. The molecule has 0 spiro atoms. The molecule has 1 amide bonds. The Morgan fingerprint density at radius 2 is 2.12 bits per heavy atom. The third kappa shape index (κ3) is 1.87. The molecule has 7 heteroatoms. The van der Waals surface area contributed by atoms with E-state index in [1.54, 1.807) is 24.3 Å². The highest BCUT2D eigenvalue weighted by Crippen LogP contribution is 2.36. The van der Waals surface area contributed by atoms with E-state index in [4.69, 9.17) is 5.11 Å². The Hall–Kier alpha value is -1.60. The fourth-order valence-electron chi connectivity index (χ4n) is 1.97. The van der Waals surface area contributed by atoms with Crippen LogP contribution in [-0.2, 0) is 16.6 Å². The Morgan fingerprint density at radius 3 is 2.71 bits per heavy atom. The van der Waals surface area contributed by atoms with Crippen molar-refractivity contribution in [1.82, 2.24) is 9.62 Å². The van der Waals surface area contributed by atoms with Gasteiger partial charge in [-0.15, -0.1) is 0 Å². The SMILES string of the molecule is CNS(=O)(=O)C1c2ccccc2CN1C(=O)O. The molecule has 1 aliphatic heterocycles. The molecule has 0 bridgehead atoms. The summed E-state index contributed by atoms with van der Waals surface area (Å²) in [4.78, 5) is 12.0. The Morgan fingerprint density at radius 1 is 1.47 bits per heavy atom. The predicted octanol–water partition coefficient (Wildman–Crippen LogP) is 0.728. The Labute approximate surface area is 98.9 Å². The van der Waals surface area contributed by atoms with Crippen LogP contribution in [0.4, 0.5) is 4.79 Å². The molecule has 0 saturated heterocycles. The normalized spacial score (nSPS) is 19.1. The molecule has 1 heterocycles. The smallest absolute Gasteiger partial charge is 0.409 e. The summed E-state index contributed by atoms with van der Waals surface area (Å²) in [5, 5.41) is 7.88. The minimum absolute atomic E-state index is 0.0943. The van der Waals surface area contributed by atoms with Gasteiger partial charge in [0.15, 0.2) is 5.37 Å². The second-order valence-corrected chi connectivity index (χ2v) is 5.66. The lowest BCUT2D eigenvalue weighted by molar-refractivity contribution is 0.141. The first-order chi connectivity index (χ1) is 7.97. The number of nitrogens with one attached hydrogen (secondary N) is 1. The van der Waals surface area contributed by atoms with Gasteiger partial charge >= 0.3 is 6.09 Å². The van der Waals surface area contributed by atoms with Gasteiger partial charge in [-0.25, -0.2) is 17.9 Å². The van der Waals surface area contributed by atoms with Crippen molar-refractivity contribution in [1.29, 1.82) is 0 Å². The van der Waals surface area contributed by atoms with Crippen LogP contribution in [0.1, 0.15) is 16.5 Å². The molecule has 2 rings (SSSR count). The summed E-state index contributed by atoms with van der Waals surface area (Å²) in [5.74, 6) is 0. The van der Waals surface area contributed by atoms with Gasteiger partial charge in [-0.05, 0) is 18.2 Å². The summed E-state index contributed by atoms with van der Waals surface area (Å²) in [6.07, 6.45) is -1.25. The average molecular weight is 256 g/mol. The highest BCUT2D eigenvalue weighted by molar-refractivity contribution is 7.89. The number of fused-ring (bicyclic) bond motifs is 1. The molecule has 2 N–H and O–H groups in total. The molecular formula is C10H12N2O4S. The van der Waals surface area contributed by atoms with Crippen LogP contribution < -0.4 is 4.72 Å². The summed E-state index contributed by atoms with van der Waals surface area (Å²) in [6.45, 7) is 0.0943. The van der Waals surface area contributed by atoms with Crippen LogP contribution >= 0.6 is 0 Å². The Bertz CT molecular complexity index is 555. The van der Waals surface area contributed by atoms with Gasteiger partial charge in [0.1, 0.15) is 0 Å². The summed E-state index contributed by atoms with van der Waals surface area (Å²) < 4.78 is 25.9. The van der Waals surface area contributed by atoms with Crippen molar-refractivity contribution in [3.63, 3.8) is 0 Å². The number of amides is 1. The van der Waals surface area contributed by atoms with E-state index in [1.807, 2.05) is 0 Å².